The number of nitrogens with one attached hydrogen (secondary N) is 1. The lowest BCUT2D eigenvalue weighted by Crippen LogP contribution is -2.38. The Morgan fingerprint density at radius 2 is 2.00 bits per heavy atom. The van der Waals surface area contributed by atoms with Gasteiger partial charge in [-0.1, -0.05) is 18.1 Å². The van der Waals surface area contributed by atoms with E-state index in [0.29, 0.717) is 17.8 Å². The fraction of sp³-hybridized carbons (Fsp3) is 0.800. The van der Waals surface area contributed by atoms with Crippen molar-refractivity contribution in [3.05, 3.63) is 11.9 Å². The molecule has 0 aromatic carbocycles. The molecule has 1 aromatic heterocycles. The van der Waals surface area contributed by atoms with Crippen LogP contribution < -0.4 is 5.32 Å². The summed E-state index contributed by atoms with van der Waals surface area (Å²) >= 11 is 0. The molecule has 0 bridgehead atoms. The Balaban J connectivity index is 0.00000176. The first-order valence-corrected chi connectivity index (χ1v) is 8.19. The molecule has 3 heterocycles. The van der Waals surface area contributed by atoms with Gasteiger partial charge in [-0.3, -0.25) is 4.79 Å². The highest BCUT2D eigenvalue weighted by Gasteiger charge is 2.26. The van der Waals surface area contributed by atoms with Gasteiger partial charge in [-0.15, -0.1) is 17.5 Å². The number of halogens is 1. The lowest BCUT2D eigenvalue weighted by Gasteiger charge is -2.26. The summed E-state index contributed by atoms with van der Waals surface area (Å²) < 4.78 is 1.89. The van der Waals surface area contributed by atoms with Gasteiger partial charge in [0.15, 0.2) is 5.69 Å². The number of aromatic nitrogens is 3. The summed E-state index contributed by atoms with van der Waals surface area (Å²) in [5.74, 6) is 0.0459. The lowest BCUT2D eigenvalue weighted by atomic mass is 10.1. The standard InChI is InChI=1S/C15H25N5O.ClH/c1-12-5-3-2-4-10-19(12)15(21)14-11-20(18-17-14)13-6-8-16-9-7-13;/h11-13,16H,2-10H2,1H3;1H. The first kappa shape index (κ1) is 17.2. The third-order valence-electron chi connectivity index (χ3n) is 4.73. The predicted molar refractivity (Wildman–Crippen MR) is 87.4 cm³/mol. The van der Waals surface area contributed by atoms with Crippen molar-refractivity contribution in [3.8, 4) is 0 Å². The molecule has 2 saturated heterocycles. The topological polar surface area (TPSA) is 63.1 Å². The third-order valence-corrected chi connectivity index (χ3v) is 4.73. The minimum Gasteiger partial charge on any atom is -0.335 e. The molecule has 0 saturated carbocycles. The van der Waals surface area contributed by atoms with Crippen LogP contribution in [0.5, 0.6) is 0 Å². The Hall–Kier alpha value is -1.14. The van der Waals surface area contributed by atoms with Gasteiger partial charge in [0.2, 0.25) is 0 Å². The molecule has 3 rings (SSSR count). The molecule has 0 spiro atoms. The fourth-order valence-corrected chi connectivity index (χ4v) is 3.35. The second-order valence-corrected chi connectivity index (χ2v) is 6.26. The maximum absolute atomic E-state index is 12.7. The number of amides is 1. The van der Waals surface area contributed by atoms with E-state index in [1.165, 1.54) is 12.8 Å². The quantitative estimate of drug-likeness (QED) is 0.902. The monoisotopic (exact) mass is 327 g/mol. The minimum absolute atomic E-state index is 0. The van der Waals surface area contributed by atoms with Gasteiger partial charge in [0.1, 0.15) is 0 Å². The van der Waals surface area contributed by atoms with Gasteiger partial charge < -0.3 is 10.2 Å². The highest BCUT2D eigenvalue weighted by atomic mass is 35.5. The van der Waals surface area contributed by atoms with E-state index >= 15 is 0 Å². The van der Waals surface area contributed by atoms with Crippen molar-refractivity contribution < 1.29 is 4.79 Å². The van der Waals surface area contributed by atoms with E-state index in [2.05, 4.69) is 22.6 Å². The van der Waals surface area contributed by atoms with Crippen molar-refractivity contribution >= 4 is 18.3 Å². The Bertz CT molecular complexity index is 486. The van der Waals surface area contributed by atoms with Gasteiger partial charge in [0, 0.05) is 12.6 Å². The van der Waals surface area contributed by atoms with E-state index in [1.807, 2.05) is 15.8 Å². The van der Waals surface area contributed by atoms with Crippen LogP contribution in [0.2, 0.25) is 0 Å². The van der Waals surface area contributed by atoms with Crippen molar-refractivity contribution in [2.75, 3.05) is 19.6 Å². The second kappa shape index (κ2) is 7.92. The zero-order valence-corrected chi connectivity index (χ0v) is 14.0. The normalized spacial score (nSPS) is 23.7. The number of rotatable bonds is 2. The van der Waals surface area contributed by atoms with Crippen LogP contribution in [0, 0.1) is 0 Å². The molecule has 0 aliphatic carbocycles. The number of carbonyl (C=O) groups excluding carboxylic acids is 1. The van der Waals surface area contributed by atoms with Crippen LogP contribution in [-0.2, 0) is 0 Å². The molecule has 6 nitrogen and oxygen atoms in total. The number of carbonyl (C=O) groups is 1. The van der Waals surface area contributed by atoms with E-state index in [9.17, 15) is 4.79 Å². The summed E-state index contributed by atoms with van der Waals surface area (Å²) in [6, 6.07) is 0.686. The van der Waals surface area contributed by atoms with E-state index in [1.54, 1.807) is 0 Å². The summed E-state index contributed by atoms with van der Waals surface area (Å²) in [6.07, 6.45) is 8.57. The SMILES string of the molecule is CC1CCCCCN1C(=O)c1cn(C2CCNCC2)nn1.Cl. The number of piperidine rings is 1. The molecular weight excluding hydrogens is 302 g/mol. The number of likely N-dealkylation sites (tertiary alicyclic amines) is 1. The van der Waals surface area contributed by atoms with Crippen LogP contribution in [0.15, 0.2) is 6.20 Å². The molecular formula is C15H26ClN5O. The van der Waals surface area contributed by atoms with Crippen LogP contribution in [0.3, 0.4) is 0 Å². The summed E-state index contributed by atoms with van der Waals surface area (Å²) in [5.41, 5.74) is 0.502. The maximum Gasteiger partial charge on any atom is 0.276 e. The molecule has 2 aliphatic heterocycles. The first-order chi connectivity index (χ1) is 10.3. The predicted octanol–water partition coefficient (Wildman–Crippen LogP) is 2.03. The Labute approximate surface area is 138 Å². The second-order valence-electron chi connectivity index (χ2n) is 6.26. The van der Waals surface area contributed by atoms with Gasteiger partial charge in [-0.05, 0) is 45.7 Å². The highest BCUT2D eigenvalue weighted by molar-refractivity contribution is 5.92. The Morgan fingerprint density at radius 3 is 2.77 bits per heavy atom. The Kier molecular flexibility index (Phi) is 6.20. The molecule has 124 valence electrons. The average Bonchev–Trinajstić information content (AvgIpc) is 2.91. The molecule has 1 amide bonds. The van der Waals surface area contributed by atoms with Crippen LogP contribution >= 0.6 is 12.4 Å². The van der Waals surface area contributed by atoms with Gasteiger partial charge in [-0.2, -0.15) is 0 Å². The smallest absolute Gasteiger partial charge is 0.276 e. The lowest BCUT2D eigenvalue weighted by molar-refractivity contribution is 0.0691. The van der Waals surface area contributed by atoms with Gasteiger partial charge in [0.25, 0.3) is 5.91 Å². The van der Waals surface area contributed by atoms with Gasteiger partial charge in [-0.25, -0.2) is 4.68 Å². The molecule has 2 aliphatic rings. The maximum atomic E-state index is 12.7. The molecule has 22 heavy (non-hydrogen) atoms. The number of nitrogens with zero attached hydrogens (tertiary/aromatic N) is 4. The molecule has 2 fully saturated rings. The van der Waals surface area contributed by atoms with Crippen molar-refractivity contribution in [1.82, 2.24) is 25.2 Å². The van der Waals surface area contributed by atoms with Crippen molar-refractivity contribution in [2.24, 2.45) is 0 Å². The molecule has 1 atom stereocenters. The third kappa shape index (κ3) is 3.79. The van der Waals surface area contributed by atoms with Crippen molar-refractivity contribution in [1.29, 1.82) is 0 Å². The summed E-state index contributed by atoms with van der Waals surface area (Å²) in [5, 5.41) is 11.7. The van der Waals surface area contributed by atoms with Crippen LogP contribution in [0.4, 0.5) is 0 Å². The van der Waals surface area contributed by atoms with Gasteiger partial charge in [0.05, 0.1) is 12.2 Å². The fourth-order valence-electron chi connectivity index (χ4n) is 3.35. The first-order valence-electron chi connectivity index (χ1n) is 8.19. The Morgan fingerprint density at radius 1 is 1.23 bits per heavy atom. The molecule has 0 radical (unpaired) electrons. The van der Waals surface area contributed by atoms with E-state index < -0.39 is 0 Å². The zero-order valence-electron chi connectivity index (χ0n) is 13.2. The zero-order chi connectivity index (χ0) is 14.7. The van der Waals surface area contributed by atoms with E-state index in [-0.39, 0.29) is 18.3 Å². The largest absolute Gasteiger partial charge is 0.335 e. The van der Waals surface area contributed by atoms with Crippen molar-refractivity contribution in [2.45, 2.75) is 57.5 Å². The van der Waals surface area contributed by atoms with Crippen LogP contribution in [0.1, 0.15) is 62.0 Å². The van der Waals surface area contributed by atoms with Crippen LogP contribution in [-0.4, -0.2) is 51.5 Å². The van der Waals surface area contributed by atoms with Gasteiger partial charge >= 0.3 is 0 Å². The molecule has 1 unspecified atom stereocenters. The van der Waals surface area contributed by atoms with Crippen molar-refractivity contribution in [3.63, 3.8) is 0 Å². The minimum atomic E-state index is 0. The average molecular weight is 328 g/mol. The summed E-state index contributed by atoms with van der Waals surface area (Å²) in [6.45, 7) is 5.01. The number of hydrogen-bond acceptors (Lipinski definition) is 4. The molecule has 1 N–H and O–H groups in total. The van der Waals surface area contributed by atoms with E-state index in [0.717, 1.165) is 45.3 Å². The molecule has 7 heteroatoms. The molecule has 1 aromatic rings. The summed E-state index contributed by atoms with van der Waals surface area (Å²) in [7, 11) is 0. The van der Waals surface area contributed by atoms with Crippen LogP contribution in [0.25, 0.3) is 0 Å². The van der Waals surface area contributed by atoms with E-state index in [4.69, 9.17) is 0 Å². The summed E-state index contributed by atoms with van der Waals surface area (Å²) in [4.78, 5) is 14.6. The number of hydrogen-bond donors (Lipinski definition) is 1. The highest BCUT2D eigenvalue weighted by Crippen LogP contribution is 2.20.